The summed E-state index contributed by atoms with van der Waals surface area (Å²) in [5.74, 6) is -2.98. The summed E-state index contributed by atoms with van der Waals surface area (Å²) in [5.41, 5.74) is -0.0265. The standard InChI is InChI=1S/C14H12F2N2O4S/c1-22-12-5-3-9(7-13(12)23(17,20)21)18-14(19)8-2-4-10(15)11(16)6-8/h2-7H,1H3,(H,18,19)(H2,17,20,21). The third-order valence-corrected chi connectivity index (χ3v) is 3.84. The van der Waals surface area contributed by atoms with Gasteiger partial charge in [0.15, 0.2) is 11.6 Å². The summed E-state index contributed by atoms with van der Waals surface area (Å²) in [6.07, 6.45) is 0. The Balaban J connectivity index is 2.33. The van der Waals surface area contributed by atoms with E-state index in [1.54, 1.807) is 0 Å². The number of nitrogens with one attached hydrogen (secondary N) is 1. The topological polar surface area (TPSA) is 98.5 Å². The van der Waals surface area contributed by atoms with Crippen molar-refractivity contribution in [1.29, 1.82) is 0 Å². The molecule has 0 aliphatic heterocycles. The van der Waals surface area contributed by atoms with Gasteiger partial charge < -0.3 is 10.1 Å². The number of benzene rings is 2. The van der Waals surface area contributed by atoms with E-state index in [1.165, 1.54) is 19.2 Å². The maximum Gasteiger partial charge on any atom is 0.255 e. The molecule has 122 valence electrons. The number of amides is 1. The van der Waals surface area contributed by atoms with Gasteiger partial charge in [0.1, 0.15) is 10.6 Å². The zero-order valence-electron chi connectivity index (χ0n) is 11.8. The molecule has 1 amide bonds. The van der Waals surface area contributed by atoms with Crippen LogP contribution in [0, 0.1) is 11.6 Å². The predicted molar refractivity (Wildman–Crippen MR) is 78.7 cm³/mol. The van der Waals surface area contributed by atoms with Crippen molar-refractivity contribution < 1.29 is 26.7 Å². The molecule has 6 nitrogen and oxygen atoms in total. The van der Waals surface area contributed by atoms with E-state index in [-0.39, 0.29) is 21.9 Å². The Morgan fingerprint density at radius 3 is 2.39 bits per heavy atom. The number of hydrogen-bond donors (Lipinski definition) is 2. The van der Waals surface area contributed by atoms with Gasteiger partial charge in [-0.15, -0.1) is 0 Å². The van der Waals surface area contributed by atoms with E-state index in [0.717, 1.165) is 24.3 Å². The van der Waals surface area contributed by atoms with Crippen molar-refractivity contribution in [3.63, 3.8) is 0 Å². The first-order valence-electron chi connectivity index (χ1n) is 6.19. The molecular weight excluding hydrogens is 330 g/mol. The zero-order chi connectivity index (χ0) is 17.2. The minimum atomic E-state index is -4.07. The quantitative estimate of drug-likeness (QED) is 0.886. The van der Waals surface area contributed by atoms with E-state index >= 15 is 0 Å². The van der Waals surface area contributed by atoms with E-state index in [1.807, 2.05) is 0 Å². The number of nitrogens with two attached hydrogens (primary N) is 1. The molecule has 0 aliphatic carbocycles. The maximum atomic E-state index is 13.1. The fourth-order valence-corrected chi connectivity index (χ4v) is 2.54. The van der Waals surface area contributed by atoms with E-state index in [4.69, 9.17) is 9.88 Å². The van der Waals surface area contributed by atoms with Gasteiger partial charge >= 0.3 is 0 Å². The number of hydrogen-bond acceptors (Lipinski definition) is 4. The summed E-state index contributed by atoms with van der Waals surface area (Å²) in [7, 11) is -2.80. The van der Waals surface area contributed by atoms with Crippen molar-refractivity contribution in [2.45, 2.75) is 4.90 Å². The third-order valence-electron chi connectivity index (χ3n) is 2.91. The van der Waals surface area contributed by atoms with Gasteiger partial charge in [-0.25, -0.2) is 22.3 Å². The highest BCUT2D eigenvalue weighted by atomic mass is 32.2. The van der Waals surface area contributed by atoms with Crippen molar-refractivity contribution in [2.24, 2.45) is 5.14 Å². The molecule has 0 aliphatic rings. The molecule has 0 radical (unpaired) electrons. The van der Waals surface area contributed by atoms with Crippen LogP contribution in [-0.2, 0) is 10.0 Å². The lowest BCUT2D eigenvalue weighted by Gasteiger charge is -2.10. The molecule has 0 aromatic heterocycles. The molecule has 0 heterocycles. The lowest BCUT2D eigenvalue weighted by atomic mass is 10.2. The van der Waals surface area contributed by atoms with Crippen LogP contribution in [0.3, 0.4) is 0 Å². The van der Waals surface area contributed by atoms with E-state index < -0.39 is 27.6 Å². The molecule has 0 spiro atoms. The largest absolute Gasteiger partial charge is 0.495 e. The van der Waals surface area contributed by atoms with E-state index in [2.05, 4.69) is 5.32 Å². The van der Waals surface area contributed by atoms with Crippen LogP contribution in [0.15, 0.2) is 41.3 Å². The third kappa shape index (κ3) is 3.82. The normalized spacial score (nSPS) is 11.1. The van der Waals surface area contributed by atoms with Crippen LogP contribution in [0.5, 0.6) is 5.75 Å². The molecule has 2 rings (SSSR count). The Bertz CT molecular complexity index is 869. The second-order valence-electron chi connectivity index (χ2n) is 4.49. The number of carbonyl (C=O) groups excluding carboxylic acids is 1. The number of halogens is 2. The Morgan fingerprint density at radius 1 is 1.13 bits per heavy atom. The molecule has 0 fully saturated rings. The van der Waals surface area contributed by atoms with Crippen molar-refractivity contribution in [3.8, 4) is 5.75 Å². The van der Waals surface area contributed by atoms with Crippen LogP contribution in [0.25, 0.3) is 0 Å². The minimum Gasteiger partial charge on any atom is -0.495 e. The SMILES string of the molecule is COc1ccc(NC(=O)c2ccc(F)c(F)c2)cc1S(N)(=O)=O. The number of ether oxygens (including phenoxy) is 1. The fraction of sp³-hybridized carbons (Fsp3) is 0.0714. The lowest BCUT2D eigenvalue weighted by Crippen LogP contribution is -2.16. The van der Waals surface area contributed by atoms with Gasteiger partial charge in [0.05, 0.1) is 7.11 Å². The van der Waals surface area contributed by atoms with Crippen molar-refractivity contribution in [1.82, 2.24) is 0 Å². The molecule has 0 saturated carbocycles. The second kappa shape index (κ2) is 6.31. The summed E-state index contributed by atoms with van der Waals surface area (Å²) < 4.78 is 53.9. The number of sulfonamides is 1. The lowest BCUT2D eigenvalue weighted by molar-refractivity contribution is 0.102. The first-order chi connectivity index (χ1) is 10.7. The summed E-state index contributed by atoms with van der Waals surface area (Å²) in [5, 5.41) is 7.43. The zero-order valence-corrected chi connectivity index (χ0v) is 12.7. The molecular formula is C14H12F2N2O4S. The van der Waals surface area contributed by atoms with Gasteiger partial charge in [-0.3, -0.25) is 4.79 Å². The van der Waals surface area contributed by atoms with Gasteiger partial charge in [0.25, 0.3) is 5.91 Å². The van der Waals surface area contributed by atoms with Crippen LogP contribution in [0.2, 0.25) is 0 Å². The van der Waals surface area contributed by atoms with Crippen LogP contribution in [0.1, 0.15) is 10.4 Å². The van der Waals surface area contributed by atoms with Crippen molar-refractivity contribution in [2.75, 3.05) is 12.4 Å². The molecule has 0 atom stereocenters. The molecule has 9 heteroatoms. The first kappa shape index (κ1) is 16.8. The number of rotatable bonds is 4. The number of anilines is 1. The number of primary sulfonamides is 1. The molecule has 3 N–H and O–H groups in total. The first-order valence-corrected chi connectivity index (χ1v) is 7.74. The smallest absolute Gasteiger partial charge is 0.255 e. The van der Waals surface area contributed by atoms with Gasteiger partial charge in [-0.2, -0.15) is 0 Å². The van der Waals surface area contributed by atoms with E-state index in [9.17, 15) is 22.0 Å². The highest BCUT2D eigenvalue weighted by Crippen LogP contribution is 2.26. The van der Waals surface area contributed by atoms with Crippen LogP contribution in [-0.4, -0.2) is 21.4 Å². The van der Waals surface area contributed by atoms with Gasteiger partial charge in [0.2, 0.25) is 10.0 Å². The highest BCUT2D eigenvalue weighted by molar-refractivity contribution is 7.89. The maximum absolute atomic E-state index is 13.1. The summed E-state index contributed by atoms with van der Waals surface area (Å²) in [6, 6.07) is 6.43. The van der Waals surface area contributed by atoms with Crippen molar-refractivity contribution in [3.05, 3.63) is 53.6 Å². The molecule has 2 aromatic rings. The number of carbonyl (C=O) groups is 1. The number of methoxy groups -OCH3 is 1. The summed E-state index contributed by atoms with van der Waals surface area (Å²) >= 11 is 0. The predicted octanol–water partition coefficient (Wildman–Crippen LogP) is 1.87. The Hall–Kier alpha value is -2.52. The molecule has 0 unspecified atom stereocenters. The van der Waals surface area contributed by atoms with E-state index in [0.29, 0.717) is 0 Å². The van der Waals surface area contributed by atoms with Gasteiger partial charge in [-0.1, -0.05) is 0 Å². The fourth-order valence-electron chi connectivity index (χ4n) is 1.82. The van der Waals surface area contributed by atoms with Gasteiger partial charge in [-0.05, 0) is 36.4 Å². The average Bonchev–Trinajstić information content (AvgIpc) is 2.49. The van der Waals surface area contributed by atoms with Crippen LogP contribution >= 0.6 is 0 Å². The molecule has 0 saturated heterocycles. The monoisotopic (exact) mass is 342 g/mol. The van der Waals surface area contributed by atoms with Crippen LogP contribution < -0.4 is 15.2 Å². The second-order valence-corrected chi connectivity index (χ2v) is 6.02. The van der Waals surface area contributed by atoms with Crippen molar-refractivity contribution >= 4 is 21.6 Å². The Labute approximate surface area is 130 Å². The summed E-state index contributed by atoms with van der Waals surface area (Å²) in [6.45, 7) is 0. The highest BCUT2D eigenvalue weighted by Gasteiger charge is 2.17. The Morgan fingerprint density at radius 2 is 1.83 bits per heavy atom. The minimum absolute atomic E-state index is 0.0123. The van der Waals surface area contributed by atoms with Gasteiger partial charge in [0, 0.05) is 11.3 Å². The molecule has 0 bridgehead atoms. The summed E-state index contributed by atoms with van der Waals surface area (Å²) in [4.78, 5) is 11.7. The Kier molecular flexibility index (Phi) is 4.62. The van der Waals surface area contributed by atoms with Crippen LogP contribution in [0.4, 0.5) is 14.5 Å². The molecule has 23 heavy (non-hydrogen) atoms. The molecule has 2 aromatic carbocycles. The average molecular weight is 342 g/mol.